The van der Waals surface area contributed by atoms with Crippen LogP contribution in [0, 0.1) is 0 Å². The summed E-state index contributed by atoms with van der Waals surface area (Å²) in [6.07, 6.45) is 1.67. The number of nitrogens with zero attached hydrogens (tertiary/aromatic N) is 1. The van der Waals surface area contributed by atoms with E-state index in [9.17, 15) is 9.59 Å². The summed E-state index contributed by atoms with van der Waals surface area (Å²) in [5.41, 5.74) is 2.09. The van der Waals surface area contributed by atoms with Crippen molar-refractivity contribution in [2.24, 2.45) is 0 Å². The van der Waals surface area contributed by atoms with Gasteiger partial charge < -0.3 is 15.0 Å². The summed E-state index contributed by atoms with van der Waals surface area (Å²) in [4.78, 5) is 25.5. The molecule has 0 radical (unpaired) electrons. The number of likely N-dealkylation sites (N-methyl/N-ethyl adjacent to an activating group) is 1. The first kappa shape index (κ1) is 14.8. The highest BCUT2D eigenvalue weighted by atomic mass is 16.5. The van der Waals surface area contributed by atoms with Crippen molar-refractivity contribution in [3.05, 3.63) is 65.4 Å². The van der Waals surface area contributed by atoms with Gasteiger partial charge in [0, 0.05) is 19.7 Å². The molecular weight excluding hydrogens is 292 g/mol. The standard InChI is InChI=1S/C18H16N2O3/c1-19-17(21)13-9-7-12(8-10-13)11-16-18(22)20(2)14-5-3-4-6-15(14)23-16/h3-11H,1-2H3,(H,19,21). The number of nitrogens with one attached hydrogen (secondary N) is 1. The largest absolute Gasteiger partial charge is 0.449 e. The van der Waals surface area contributed by atoms with Crippen LogP contribution >= 0.6 is 0 Å². The van der Waals surface area contributed by atoms with E-state index in [0.29, 0.717) is 11.3 Å². The molecule has 0 bridgehead atoms. The van der Waals surface area contributed by atoms with Gasteiger partial charge in [0.05, 0.1) is 5.69 Å². The van der Waals surface area contributed by atoms with Gasteiger partial charge >= 0.3 is 0 Å². The molecule has 0 saturated heterocycles. The molecule has 116 valence electrons. The highest BCUT2D eigenvalue weighted by molar-refractivity contribution is 6.09. The van der Waals surface area contributed by atoms with Gasteiger partial charge in [0.2, 0.25) is 0 Å². The second kappa shape index (κ2) is 5.96. The minimum atomic E-state index is -0.209. The fourth-order valence-corrected chi connectivity index (χ4v) is 2.38. The van der Waals surface area contributed by atoms with Crippen LogP contribution in [0.2, 0.25) is 0 Å². The van der Waals surface area contributed by atoms with Gasteiger partial charge in [0.1, 0.15) is 0 Å². The van der Waals surface area contributed by atoms with Crippen LogP contribution in [0.4, 0.5) is 5.69 Å². The molecule has 2 aromatic rings. The number of ether oxygens (including phenoxy) is 1. The molecule has 1 aliphatic rings. The van der Waals surface area contributed by atoms with Crippen LogP contribution in [0.3, 0.4) is 0 Å². The third-order valence-corrected chi connectivity index (χ3v) is 3.66. The van der Waals surface area contributed by atoms with Gasteiger partial charge in [-0.2, -0.15) is 0 Å². The van der Waals surface area contributed by atoms with Crippen LogP contribution in [-0.2, 0) is 4.79 Å². The van der Waals surface area contributed by atoms with E-state index in [-0.39, 0.29) is 17.6 Å². The molecule has 0 fully saturated rings. The molecule has 0 aromatic heterocycles. The Kier molecular flexibility index (Phi) is 3.85. The fourth-order valence-electron chi connectivity index (χ4n) is 2.38. The lowest BCUT2D eigenvalue weighted by molar-refractivity contribution is -0.117. The molecule has 5 heteroatoms. The molecule has 2 aromatic carbocycles. The summed E-state index contributed by atoms with van der Waals surface area (Å²) >= 11 is 0. The third-order valence-electron chi connectivity index (χ3n) is 3.66. The smallest absolute Gasteiger partial charge is 0.293 e. The highest BCUT2D eigenvalue weighted by Gasteiger charge is 2.27. The quantitative estimate of drug-likeness (QED) is 0.867. The lowest BCUT2D eigenvalue weighted by Crippen LogP contribution is -2.33. The summed E-state index contributed by atoms with van der Waals surface area (Å²) in [6.45, 7) is 0. The summed E-state index contributed by atoms with van der Waals surface area (Å²) < 4.78 is 5.71. The van der Waals surface area contributed by atoms with E-state index >= 15 is 0 Å². The van der Waals surface area contributed by atoms with E-state index in [1.807, 2.05) is 24.3 Å². The van der Waals surface area contributed by atoms with Crippen LogP contribution < -0.4 is 15.0 Å². The van der Waals surface area contributed by atoms with Crippen molar-refractivity contribution in [2.75, 3.05) is 19.0 Å². The topological polar surface area (TPSA) is 58.6 Å². The van der Waals surface area contributed by atoms with Crippen molar-refractivity contribution in [1.82, 2.24) is 5.32 Å². The van der Waals surface area contributed by atoms with Gasteiger partial charge in [-0.3, -0.25) is 9.59 Å². The van der Waals surface area contributed by atoms with Crippen molar-refractivity contribution < 1.29 is 14.3 Å². The SMILES string of the molecule is CNC(=O)c1ccc(C=C2Oc3ccccc3N(C)C2=O)cc1. The lowest BCUT2D eigenvalue weighted by Gasteiger charge is -2.27. The molecule has 1 N–H and O–H groups in total. The predicted molar refractivity (Wildman–Crippen MR) is 88.3 cm³/mol. The third kappa shape index (κ3) is 2.81. The average Bonchev–Trinajstić information content (AvgIpc) is 2.59. The number of carbonyl (C=O) groups is 2. The molecule has 1 heterocycles. The maximum absolute atomic E-state index is 12.4. The van der Waals surface area contributed by atoms with E-state index in [4.69, 9.17) is 4.74 Å². The lowest BCUT2D eigenvalue weighted by atomic mass is 10.1. The number of benzene rings is 2. The molecule has 3 rings (SSSR count). The number of para-hydroxylation sites is 2. The Labute approximate surface area is 134 Å². The molecule has 23 heavy (non-hydrogen) atoms. The highest BCUT2D eigenvalue weighted by Crippen LogP contribution is 2.34. The Morgan fingerprint density at radius 2 is 1.83 bits per heavy atom. The number of carbonyl (C=O) groups excluding carboxylic acids is 2. The van der Waals surface area contributed by atoms with Crippen molar-refractivity contribution in [3.63, 3.8) is 0 Å². The number of fused-ring (bicyclic) bond motifs is 1. The second-order valence-corrected chi connectivity index (χ2v) is 5.14. The molecule has 5 nitrogen and oxygen atoms in total. The van der Waals surface area contributed by atoms with E-state index < -0.39 is 0 Å². The molecule has 2 amide bonds. The molecule has 0 unspecified atom stereocenters. The Bertz CT molecular complexity index is 794. The maximum atomic E-state index is 12.4. The average molecular weight is 308 g/mol. The zero-order valence-corrected chi connectivity index (χ0v) is 12.9. The maximum Gasteiger partial charge on any atom is 0.293 e. The van der Waals surface area contributed by atoms with Crippen LogP contribution in [-0.4, -0.2) is 25.9 Å². The zero-order chi connectivity index (χ0) is 16.4. The predicted octanol–water partition coefficient (Wildman–Crippen LogP) is 2.44. The summed E-state index contributed by atoms with van der Waals surface area (Å²) in [6, 6.07) is 14.3. The molecule has 0 aliphatic carbocycles. The molecule has 0 atom stereocenters. The van der Waals surface area contributed by atoms with Crippen molar-refractivity contribution in [1.29, 1.82) is 0 Å². The van der Waals surface area contributed by atoms with Gasteiger partial charge in [-0.15, -0.1) is 0 Å². The fraction of sp³-hybridized carbons (Fsp3) is 0.111. The molecule has 1 aliphatic heterocycles. The monoisotopic (exact) mass is 308 g/mol. The summed E-state index contributed by atoms with van der Waals surface area (Å²) in [7, 11) is 3.30. The first-order valence-corrected chi connectivity index (χ1v) is 7.19. The first-order chi connectivity index (χ1) is 11.1. The number of hydrogen-bond acceptors (Lipinski definition) is 3. The second-order valence-electron chi connectivity index (χ2n) is 5.14. The van der Waals surface area contributed by atoms with Gasteiger partial charge in [0.15, 0.2) is 11.5 Å². The first-order valence-electron chi connectivity index (χ1n) is 7.19. The van der Waals surface area contributed by atoms with E-state index in [0.717, 1.165) is 11.3 Å². The molecule has 0 saturated carbocycles. The normalized spacial score (nSPS) is 15.1. The van der Waals surface area contributed by atoms with E-state index in [2.05, 4.69) is 5.32 Å². The number of hydrogen-bond donors (Lipinski definition) is 1. The van der Waals surface area contributed by atoms with Gasteiger partial charge in [0.25, 0.3) is 11.8 Å². The van der Waals surface area contributed by atoms with Crippen LogP contribution in [0.25, 0.3) is 6.08 Å². The Balaban J connectivity index is 1.91. The van der Waals surface area contributed by atoms with Crippen molar-refractivity contribution >= 4 is 23.6 Å². The van der Waals surface area contributed by atoms with Crippen molar-refractivity contribution in [2.45, 2.75) is 0 Å². The number of amides is 2. The minimum Gasteiger partial charge on any atom is -0.449 e. The van der Waals surface area contributed by atoms with Crippen LogP contribution in [0.5, 0.6) is 5.75 Å². The summed E-state index contributed by atoms with van der Waals surface area (Å²) in [5, 5.41) is 2.57. The van der Waals surface area contributed by atoms with Crippen LogP contribution in [0.15, 0.2) is 54.3 Å². The zero-order valence-electron chi connectivity index (χ0n) is 12.9. The van der Waals surface area contributed by atoms with Gasteiger partial charge in [-0.1, -0.05) is 24.3 Å². The Morgan fingerprint density at radius 3 is 2.52 bits per heavy atom. The number of anilines is 1. The van der Waals surface area contributed by atoms with E-state index in [1.54, 1.807) is 49.3 Å². The Morgan fingerprint density at radius 1 is 1.13 bits per heavy atom. The Hall–Kier alpha value is -3.08. The molecule has 0 spiro atoms. The number of rotatable bonds is 2. The van der Waals surface area contributed by atoms with Gasteiger partial charge in [-0.05, 0) is 35.9 Å². The van der Waals surface area contributed by atoms with Crippen molar-refractivity contribution in [3.8, 4) is 5.75 Å². The van der Waals surface area contributed by atoms with Gasteiger partial charge in [-0.25, -0.2) is 0 Å². The summed E-state index contributed by atoms with van der Waals surface area (Å²) in [5.74, 6) is 0.531. The molecular formula is C18H16N2O3. The minimum absolute atomic E-state index is 0.150. The van der Waals surface area contributed by atoms with E-state index in [1.165, 1.54) is 0 Å². The van der Waals surface area contributed by atoms with Crippen LogP contribution in [0.1, 0.15) is 15.9 Å².